The topological polar surface area (TPSA) is 66.4 Å². The van der Waals surface area contributed by atoms with Crippen LogP contribution in [0.1, 0.15) is 18.9 Å². The maximum absolute atomic E-state index is 12.0. The van der Waals surface area contributed by atoms with Crippen LogP contribution in [0, 0.1) is 0 Å². The Morgan fingerprint density at radius 2 is 1.80 bits per heavy atom. The molecule has 104 valence electrons. The van der Waals surface area contributed by atoms with Gasteiger partial charge in [0.2, 0.25) is 0 Å². The predicted molar refractivity (Wildman–Crippen MR) is 77.2 cm³/mol. The zero-order valence-electron chi connectivity index (χ0n) is 11.5. The molecule has 0 aliphatic heterocycles. The zero-order chi connectivity index (χ0) is 14.8. The van der Waals surface area contributed by atoms with Crippen molar-refractivity contribution in [1.29, 1.82) is 0 Å². The van der Waals surface area contributed by atoms with Gasteiger partial charge in [-0.2, -0.15) is 0 Å². The van der Waals surface area contributed by atoms with Gasteiger partial charge in [0, 0.05) is 13.5 Å². The van der Waals surface area contributed by atoms with Crippen molar-refractivity contribution in [2.45, 2.75) is 18.9 Å². The van der Waals surface area contributed by atoms with Crippen molar-refractivity contribution in [3.8, 4) is 0 Å². The molecule has 4 nitrogen and oxygen atoms in total. The molecule has 0 bridgehead atoms. The highest BCUT2D eigenvalue weighted by atomic mass is 16.3. The lowest BCUT2D eigenvalue weighted by Crippen LogP contribution is -2.44. The molecule has 2 N–H and O–H groups in total. The van der Waals surface area contributed by atoms with Crippen molar-refractivity contribution in [1.82, 2.24) is 5.32 Å². The first-order chi connectivity index (χ1) is 9.47. The summed E-state index contributed by atoms with van der Waals surface area (Å²) in [5.41, 5.74) is -1.41. The molecule has 0 saturated carbocycles. The van der Waals surface area contributed by atoms with Crippen molar-refractivity contribution < 1.29 is 14.7 Å². The van der Waals surface area contributed by atoms with E-state index in [0.29, 0.717) is 5.56 Å². The quantitative estimate of drug-likeness (QED) is 0.890. The van der Waals surface area contributed by atoms with Gasteiger partial charge in [-0.25, -0.2) is 0 Å². The van der Waals surface area contributed by atoms with Gasteiger partial charge in [0.15, 0.2) is 5.60 Å². The number of fused-ring (bicyclic) bond motifs is 1. The van der Waals surface area contributed by atoms with Gasteiger partial charge >= 0.3 is 0 Å². The molecule has 0 aliphatic rings. The van der Waals surface area contributed by atoms with E-state index in [1.54, 1.807) is 12.1 Å². The third-order valence-corrected chi connectivity index (χ3v) is 3.33. The van der Waals surface area contributed by atoms with Crippen LogP contribution in [0.25, 0.3) is 10.8 Å². The molecule has 0 fully saturated rings. The first-order valence-electron chi connectivity index (χ1n) is 6.40. The Bertz CT molecular complexity index is 666. The number of hydrogen-bond acceptors (Lipinski definition) is 3. The molecule has 0 aromatic heterocycles. The summed E-state index contributed by atoms with van der Waals surface area (Å²) in [5.74, 6) is -0.827. The summed E-state index contributed by atoms with van der Waals surface area (Å²) in [6.45, 7) is 1.36. The van der Waals surface area contributed by atoms with Crippen LogP contribution in [0.5, 0.6) is 0 Å². The van der Waals surface area contributed by atoms with E-state index in [2.05, 4.69) is 5.32 Å². The lowest BCUT2D eigenvalue weighted by Gasteiger charge is -2.26. The minimum Gasteiger partial charge on any atom is -0.375 e. The van der Waals surface area contributed by atoms with Crippen molar-refractivity contribution in [3.05, 3.63) is 48.0 Å². The molecule has 2 aromatic carbocycles. The third-order valence-electron chi connectivity index (χ3n) is 3.33. The summed E-state index contributed by atoms with van der Waals surface area (Å²) < 4.78 is 0. The number of hydrogen-bond donors (Lipinski definition) is 2. The van der Waals surface area contributed by atoms with Crippen molar-refractivity contribution in [3.63, 3.8) is 0 Å². The monoisotopic (exact) mass is 271 g/mol. The van der Waals surface area contributed by atoms with Gasteiger partial charge in [0.05, 0.1) is 0 Å². The van der Waals surface area contributed by atoms with Crippen LogP contribution in [-0.2, 0) is 15.2 Å². The molecule has 1 atom stereocenters. The Balaban J connectivity index is 2.56. The molecule has 20 heavy (non-hydrogen) atoms. The molecule has 1 amide bonds. The molecule has 0 radical (unpaired) electrons. The maximum atomic E-state index is 12.0. The normalized spacial score (nSPS) is 13.8. The molecule has 4 heteroatoms. The number of benzene rings is 2. The summed E-state index contributed by atoms with van der Waals surface area (Å²) in [6, 6.07) is 12.9. The number of aliphatic hydroxyl groups is 1. The van der Waals surface area contributed by atoms with Crippen LogP contribution in [-0.4, -0.2) is 23.8 Å². The molecule has 1 unspecified atom stereocenters. The van der Waals surface area contributed by atoms with Crippen LogP contribution in [0.2, 0.25) is 0 Å². The number of likely N-dealkylation sites (N-methyl/N-ethyl adjacent to an activating group) is 1. The van der Waals surface area contributed by atoms with Crippen molar-refractivity contribution in [2.24, 2.45) is 0 Å². The summed E-state index contributed by atoms with van der Waals surface area (Å²) in [7, 11) is 1.44. The first kappa shape index (κ1) is 14.2. The van der Waals surface area contributed by atoms with E-state index < -0.39 is 11.5 Å². The summed E-state index contributed by atoms with van der Waals surface area (Å²) in [5, 5.41) is 15.0. The fourth-order valence-electron chi connectivity index (χ4n) is 2.33. The minimum atomic E-state index is -1.83. The molecule has 0 aliphatic carbocycles. The van der Waals surface area contributed by atoms with E-state index in [0.717, 1.165) is 10.8 Å². The molecular weight excluding hydrogens is 254 g/mol. The fourth-order valence-corrected chi connectivity index (χ4v) is 2.33. The summed E-state index contributed by atoms with van der Waals surface area (Å²) in [4.78, 5) is 23.4. The van der Waals surface area contributed by atoms with Crippen LogP contribution >= 0.6 is 0 Å². The second-order valence-corrected chi connectivity index (χ2v) is 4.88. The Morgan fingerprint density at radius 3 is 2.40 bits per heavy atom. The lowest BCUT2D eigenvalue weighted by atomic mass is 9.86. The number of ketones is 1. The van der Waals surface area contributed by atoms with Gasteiger partial charge in [0.1, 0.15) is 5.78 Å². The van der Waals surface area contributed by atoms with Crippen LogP contribution < -0.4 is 5.32 Å². The third kappa shape index (κ3) is 2.56. The molecule has 0 heterocycles. The highest BCUT2D eigenvalue weighted by Gasteiger charge is 2.38. The Kier molecular flexibility index (Phi) is 3.86. The van der Waals surface area contributed by atoms with Gasteiger partial charge < -0.3 is 10.4 Å². The number of carbonyl (C=O) groups excluding carboxylic acids is 2. The van der Waals surface area contributed by atoms with Crippen LogP contribution in [0.3, 0.4) is 0 Å². The maximum Gasteiger partial charge on any atom is 0.256 e. The molecular formula is C16H17NO3. The first-order valence-corrected chi connectivity index (χ1v) is 6.40. The van der Waals surface area contributed by atoms with Crippen molar-refractivity contribution >= 4 is 22.5 Å². The molecule has 0 spiro atoms. The lowest BCUT2D eigenvalue weighted by molar-refractivity contribution is -0.145. The number of nitrogens with one attached hydrogen (secondary N) is 1. The van der Waals surface area contributed by atoms with Gasteiger partial charge in [-0.15, -0.1) is 0 Å². The summed E-state index contributed by atoms with van der Waals surface area (Å²) in [6.07, 6.45) is -0.245. The van der Waals surface area contributed by atoms with E-state index in [1.807, 2.05) is 30.3 Å². The smallest absolute Gasteiger partial charge is 0.256 e. The SMILES string of the molecule is CNC(=O)C(O)(CC(C)=O)c1ccc2ccccc2c1. The van der Waals surface area contributed by atoms with E-state index >= 15 is 0 Å². The van der Waals surface area contributed by atoms with Gasteiger partial charge in [0.25, 0.3) is 5.91 Å². The molecule has 2 aromatic rings. The highest BCUT2D eigenvalue weighted by molar-refractivity contribution is 5.93. The van der Waals surface area contributed by atoms with Crippen LogP contribution in [0.4, 0.5) is 0 Å². The largest absolute Gasteiger partial charge is 0.375 e. The van der Waals surface area contributed by atoms with Crippen LogP contribution in [0.15, 0.2) is 42.5 Å². The molecule has 2 rings (SSSR count). The van der Waals surface area contributed by atoms with Gasteiger partial charge in [-0.05, 0) is 29.3 Å². The average Bonchev–Trinajstić information content (AvgIpc) is 2.45. The molecule has 0 saturated heterocycles. The average molecular weight is 271 g/mol. The Hall–Kier alpha value is -2.20. The Labute approximate surface area is 117 Å². The Morgan fingerprint density at radius 1 is 1.15 bits per heavy atom. The van der Waals surface area contributed by atoms with E-state index in [9.17, 15) is 14.7 Å². The standard InChI is InChI=1S/C16H17NO3/c1-11(18)10-16(20,15(19)17-2)14-8-7-12-5-3-4-6-13(12)9-14/h3-9,20H,10H2,1-2H3,(H,17,19). The van der Waals surface area contributed by atoms with Gasteiger partial charge in [-0.3, -0.25) is 9.59 Å². The summed E-state index contributed by atoms with van der Waals surface area (Å²) >= 11 is 0. The van der Waals surface area contributed by atoms with E-state index in [1.165, 1.54) is 14.0 Å². The van der Waals surface area contributed by atoms with Crippen molar-refractivity contribution in [2.75, 3.05) is 7.05 Å². The second-order valence-electron chi connectivity index (χ2n) is 4.88. The second kappa shape index (κ2) is 5.43. The minimum absolute atomic E-state index is 0.245. The number of Topliss-reactive ketones (excluding diaryl/α,β-unsaturated/α-hetero) is 1. The number of rotatable bonds is 4. The highest BCUT2D eigenvalue weighted by Crippen LogP contribution is 2.28. The van der Waals surface area contributed by atoms with Gasteiger partial charge in [-0.1, -0.05) is 36.4 Å². The van der Waals surface area contributed by atoms with E-state index in [-0.39, 0.29) is 12.2 Å². The van der Waals surface area contributed by atoms with E-state index in [4.69, 9.17) is 0 Å². The zero-order valence-corrected chi connectivity index (χ0v) is 11.5. The number of amides is 1. The number of carbonyl (C=O) groups is 2. The predicted octanol–water partition coefficient (Wildman–Crippen LogP) is 1.75. The fraction of sp³-hybridized carbons (Fsp3) is 0.250.